The Morgan fingerprint density at radius 2 is 0.556 bits per heavy atom. The zero-order valence-corrected chi connectivity index (χ0v) is 24.8. The Bertz CT molecular complexity index is 1980. The van der Waals surface area contributed by atoms with Gasteiger partial charge in [-0.15, -0.1) is 0 Å². The average Bonchev–Trinajstić information content (AvgIpc) is 3.09. The van der Waals surface area contributed by atoms with Gasteiger partial charge in [0.15, 0.2) is 0 Å². The first-order chi connectivity index (χ1) is 22.2. The van der Waals surface area contributed by atoms with Crippen LogP contribution >= 0.6 is 0 Å². The van der Waals surface area contributed by atoms with E-state index in [0.29, 0.717) is 45.1 Å². The number of para-hydroxylation sites is 4. The number of nitrogens with zero attached hydrogens (tertiary/aromatic N) is 4. The molecule has 0 spiro atoms. The lowest BCUT2D eigenvalue weighted by atomic mass is 10.2. The number of pyridine rings is 4. The van der Waals surface area contributed by atoms with E-state index in [-0.39, 0.29) is 0 Å². The van der Waals surface area contributed by atoms with E-state index in [9.17, 15) is 0 Å². The Hall–Kier alpha value is -6.06. The molecule has 0 atom stereocenters. The molecule has 0 aliphatic rings. The number of rotatable bonds is 8. The van der Waals surface area contributed by atoms with E-state index < -0.39 is 9.05 Å². The van der Waals surface area contributed by atoms with Crippen molar-refractivity contribution in [2.24, 2.45) is 0 Å². The molecule has 0 amide bonds. The molecule has 0 N–H and O–H groups in total. The Morgan fingerprint density at radius 3 is 0.822 bits per heavy atom. The summed E-state index contributed by atoms with van der Waals surface area (Å²) in [5, 5.41) is 3.57. The van der Waals surface area contributed by atoms with E-state index in [4.69, 9.17) is 17.7 Å². The van der Waals surface area contributed by atoms with Gasteiger partial charge in [-0.25, -0.2) is 0 Å². The fourth-order valence-electron chi connectivity index (χ4n) is 5.30. The number of fused-ring (bicyclic) bond motifs is 4. The quantitative estimate of drug-likeness (QED) is 0.162. The molecular weight excluding hydrogens is 581 g/mol. The minimum Gasteiger partial charge on any atom is -0.450 e. The molecular formula is C36H24N4O4Si. The van der Waals surface area contributed by atoms with Crippen LogP contribution in [0.2, 0.25) is 0 Å². The monoisotopic (exact) mass is 604 g/mol. The molecule has 8 aromatic rings. The summed E-state index contributed by atoms with van der Waals surface area (Å²) in [6.07, 6.45) is 6.88. The van der Waals surface area contributed by atoms with E-state index in [1.807, 2.05) is 121 Å². The largest absolute Gasteiger partial charge is 0.967 e. The molecule has 9 heteroatoms. The van der Waals surface area contributed by atoms with Crippen LogP contribution in [-0.2, 0) is 0 Å². The molecule has 216 valence electrons. The van der Waals surface area contributed by atoms with Gasteiger partial charge in [-0.05, 0) is 48.5 Å². The topological polar surface area (TPSA) is 88.5 Å². The van der Waals surface area contributed by atoms with Crippen molar-refractivity contribution in [2.75, 3.05) is 0 Å². The molecule has 8 rings (SSSR count). The zero-order chi connectivity index (χ0) is 30.1. The van der Waals surface area contributed by atoms with Crippen molar-refractivity contribution in [3.63, 3.8) is 0 Å². The molecule has 4 heterocycles. The Morgan fingerprint density at radius 1 is 0.311 bits per heavy atom. The van der Waals surface area contributed by atoms with Gasteiger partial charge >= 0.3 is 9.05 Å². The van der Waals surface area contributed by atoms with Gasteiger partial charge in [0.1, 0.15) is 45.1 Å². The van der Waals surface area contributed by atoms with Gasteiger partial charge in [-0.3, -0.25) is 19.9 Å². The van der Waals surface area contributed by atoms with Crippen LogP contribution in [0.1, 0.15) is 0 Å². The molecule has 0 unspecified atom stereocenters. The van der Waals surface area contributed by atoms with Crippen LogP contribution in [0.5, 0.6) is 23.0 Å². The Labute approximate surface area is 259 Å². The van der Waals surface area contributed by atoms with E-state index in [1.165, 1.54) is 0 Å². The van der Waals surface area contributed by atoms with Gasteiger partial charge in [0, 0.05) is 46.3 Å². The second-order valence-electron chi connectivity index (χ2n) is 10.2. The van der Waals surface area contributed by atoms with E-state index in [0.717, 1.165) is 21.5 Å². The van der Waals surface area contributed by atoms with Crippen molar-refractivity contribution in [3.8, 4) is 23.0 Å². The number of hydrogen-bond donors (Lipinski definition) is 0. The summed E-state index contributed by atoms with van der Waals surface area (Å²) in [5.74, 6) is 1.76. The average molecular weight is 605 g/mol. The maximum atomic E-state index is 6.90. The molecule has 0 saturated heterocycles. The lowest BCUT2D eigenvalue weighted by Gasteiger charge is -2.29. The smallest absolute Gasteiger partial charge is 0.450 e. The lowest BCUT2D eigenvalue weighted by Crippen LogP contribution is -2.60. The molecule has 0 saturated carbocycles. The molecule has 45 heavy (non-hydrogen) atoms. The van der Waals surface area contributed by atoms with Crippen LogP contribution in [0.15, 0.2) is 146 Å². The summed E-state index contributed by atoms with van der Waals surface area (Å²) in [5.41, 5.74) is 2.54. The minimum absolute atomic E-state index is 0.439. The van der Waals surface area contributed by atoms with Gasteiger partial charge in [0.25, 0.3) is 0 Å². The molecule has 0 aliphatic heterocycles. The van der Waals surface area contributed by atoms with Crippen molar-refractivity contribution in [3.05, 3.63) is 146 Å². The minimum atomic E-state index is -4.39. The van der Waals surface area contributed by atoms with Gasteiger partial charge in [-0.2, -0.15) is 0 Å². The number of aromatic nitrogens is 4. The van der Waals surface area contributed by atoms with E-state index in [1.54, 1.807) is 24.8 Å². The molecule has 4 aromatic carbocycles. The molecule has 0 bridgehead atoms. The Kier molecular flexibility index (Phi) is 6.62. The van der Waals surface area contributed by atoms with Gasteiger partial charge < -0.3 is 17.7 Å². The number of hydrogen-bond acceptors (Lipinski definition) is 8. The van der Waals surface area contributed by atoms with Gasteiger partial charge in [0.2, 0.25) is 0 Å². The SMILES string of the molecule is c1cnc2c(O[Si](Oc3cccc4cccnc34)(Oc3cccc4cccnc34)Oc3cccc4cccnc34)cccc2c1. The predicted molar refractivity (Wildman–Crippen MR) is 175 cm³/mol. The second-order valence-corrected chi connectivity index (χ2v) is 12.0. The molecule has 0 aliphatic carbocycles. The van der Waals surface area contributed by atoms with Crippen LogP contribution in [0.4, 0.5) is 0 Å². The highest BCUT2D eigenvalue weighted by atomic mass is 28.4. The summed E-state index contributed by atoms with van der Waals surface area (Å²) < 4.78 is 27.6. The molecule has 0 radical (unpaired) electrons. The normalized spacial score (nSPS) is 11.6. The van der Waals surface area contributed by atoms with Crippen LogP contribution in [0.25, 0.3) is 43.6 Å². The highest BCUT2D eigenvalue weighted by Gasteiger charge is 2.59. The summed E-state index contributed by atoms with van der Waals surface area (Å²) >= 11 is 0. The summed E-state index contributed by atoms with van der Waals surface area (Å²) in [4.78, 5) is 18.5. The van der Waals surface area contributed by atoms with Crippen LogP contribution in [-0.4, -0.2) is 29.0 Å². The maximum absolute atomic E-state index is 6.90. The Balaban J connectivity index is 1.38. The third-order valence-corrected chi connectivity index (χ3v) is 9.20. The maximum Gasteiger partial charge on any atom is 0.967 e. The number of benzene rings is 4. The van der Waals surface area contributed by atoms with Crippen LogP contribution in [0.3, 0.4) is 0 Å². The zero-order valence-electron chi connectivity index (χ0n) is 23.8. The summed E-state index contributed by atoms with van der Waals surface area (Å²) in [6.45, 7) is 0. The first kappa shape index (κ1) is 26.6. The summed E-state index contributed by atoms with van der Waals surface area (Å²) in [6, 6.07) is 38.2. The first-order valence-corrected chi connectivity index (χ1v) is 16.0. The lowest BCUT2D eigenvalue weighted by molar-refractivity contribution is 0.164. The van der Waals surface area contributed by atoms with Gasteiger partial charge in [0.05, 0.1) is 0 Å². The predicted octanol–water partition coefficient (Wildman–Crippen LogP) is 7.93. The van der Waals surface area contributed by atoms with Crippen LogP contribution < -0.4 is 17.7 Å². The molecule has 0 fully saturated rings. The van der Waals surface area contributed by atoms with Crippen molar-refractivity contribution in [1.29, 1.82) is 0 Å². The fraction of sp³-hybridized carbons (Fsp3) is 0. The van der Waals surface area contributed by atoms with E-state index in [2.05, 4.69) is 19.9 Å². The second kappa shape index (κ2) is 11.2. The molecule has 8 nitrogen and oxygen atoms in total. The standard InChI is InChI=1S/C36H24N4O4Si/c1-9-25-13-5-21-37-33(25)29(17-1)41-45(42-30-18-2-10-26-14-6-22-38-34(26)30,43-31-19-3-11-27-15-7-23-39-35(27)31)44-32-20-4-12-28-16-8-24-40-36(28)32/h1-24H. The highest BCUT2D eigenvalue weighted by Crippen LogP contribution is 2.35. The van der Waals surface area contributed by atoms with Gasteiger partial charge in [-0.1, -0.05) is 72.8 Å². The van der Waals surface area contributed by atoms with Crippen molar-refractivity contribution < 1.29 is 17.7 Å². The molecule has 4 aromatic heterocycles. The third kappa shape index (κ3) is 5.11. The fourth-order valence-corrected chi connectivity index (χ4v) is 7.28. The third-order valence-electron chi connectivity index (χ3n) is 7.32. The van der Waals surface area contributed by atoms with Crippen molar-refractivity contribution in [1.82, 2.24) is 19.9 Å². The van der Waals surface area contributed by atoms with Crippen LogP contribution in [0, 0.1) is 0 Å². The summed E-state index contributed by atoms with van der Waals surface area (Å²) in [7, 11) is -4.39. The van der Waals surface area contributed by atoms with Crippen molar-refractivity contribution in [2.45, 2.75) is 0 Å². The van der Waals surface area contributed by atoms with Crippen molar-refractivity contribution >= 4 is 52.7 Å². The highest BCUT2D eigenvalue weighted by molar-refractivity contribution is 6.57. The van der Waals surface area contributed by atoms with E-state index >= 15 is 0 Å². The first-order valence-electron chi connectivity index (χ1n) is 14.4.